The van der Waals surface area contributed by atoms with Crippen LogP contribution >= 0.6 is 24.2 Å². The smallest absolute Gasteiger partial charge is 0.253 e. The minimum Gasteiger partial charge on any atom is -0.368 e. The highest BCUT2D eigenvalue weighted by atomic mass is 35.5. The highest BCUT2D eigenvalue weighted by molar-refractivity contribution is 7.98. The zero-order valence-electron chi connectivity index (χ0n) is 16.6. The Morgan fingerprint density at radius 2 is 1.73 bits per heavy atom. The van der Waals surface area contributed by atoms with Gasteiger partial charge in [-0.2, -0.15) is 11.8 Å². The maximum Gasteiger partial charge on any atom is 0.253 e. The van der Waals surface area contributed by atoms with E-state index in [4.69, 9.17) is 0 Å². The number of piperazine rings is 1. The van der Waals surface area contributed by atoms with Crippen molar-refractivity contribution in [1.82, 2.24) is 9.88 Å². The number of H-pyrrole nitrogens is 1. The first kappa shape index (κ1) is 20.8. The molecule has 30 heavy (non-hydrogen) atoms. The largest absolute Gasteiger partial charge is 0.368 e. The Kier molecular flexibility index (Phi) is 6.06. The number of aryl methyl sites for hydroxylation is 1. The van der Waals surface area contributed by atoms with Gasteiger partial charge in [0.25, 0.3) is 11.5 Å². The summed E-state index contributed by atoms with van der Waals surface area (Å²) in [5, 5.41) is 1.02. The molecular formula is C23H24ClN3O2S. The number of pyridine rings is 1. The molecule has 0 spiro atoms. The number of rotatable bonds is 2. The predicted molar refractivity (Wildman–Crippen MR) is 126 cm³/mol. The van der Waals surface area contributed by atoms with Crippen molar-refractivity contribution in [2.75, 3.05) is 36.8 Å². The number of aromatic amines is 1. The molecule has 5 nitrogen and oxygen atoms in total. The molecule has 1 aromatic heterocycles. The maximum absolute atomic E-state index is 13.2. The summed E-state index contributed by atoms with van der Waals surface area (Å²) in [5.41, 5.74) is 4.74. The lowest BCUT2D eigenvalue weighted by Crippen LogP contribution is -2.48. The van der Waals surface area contributed by atoms with E-state index in [0.717, 1.165) is 53.0 Å². The van der Waals surface area contributed by atoms with Crippen molar-refractivity contribution in [2.45, 2.75) is 12.2 Å². The number of para-hydroxylation sites is 1. The molecule has 0 unspecified atom stereocenters. The standard InChI is InChI=1S/C23H23N3O2S.ClH/c27-22-20-15-29-13-8-18(20)19-14-16(6-7-21(19)24-22)23(28)26-11-9-25(10-12-26)17-4-2-1-3-5-17;/h1-7,14H,8-13,15H2,(H,24,27);1H. The lowest BCUT2D eigenvalue weighted by molar-refractivity contribution is 0.0747. The van der Waals surface area contributed by atoms with Crippen molar-refractivity contribution in [1.29, 1.82) is 0 Å². The molecule has 7 heteroatoms. The molecule has 1 N–H and O–H groups in total. The van der Waals surface area contributed by atoms with Gasteiger partial charge in [0, 0.05) is 59.6 Å². The van der Waals surface area contributed by atoms with E-state index in [1.165, 1.54) is 5.69 Å². The molecular weight excluding hydrogens is 418 g/mol. The number of fused-ring (bicyclic) bond motifs is 3. The summed E-state index contributed by atoms with van der Waals surface area (Å²) >= 11 is 1.79. The molecule has 0 radical (unpaired) electrons. The van der Waals surface area contributed by atoms with Gasteiger partial charge in [-0.15, -0.1) is 12.4 Å². The molecule has 1 saturated heterocycles. The van der Waals surface area contributed by atoms with E-state index in [1.807, 2.05) is 41.3 Å². The fourth-order valence-corrected chi connectivity index (χ4v) is 5.31. The number of nitrogens with zero attached hydrogens (tertiary/aromatic N) is 2. The number of hydrogen-bond acceptors (Lipinski definition) is 4. The normalized spacial score (nSPS) is 16.1. The summed E-state index contributed by atoms with van der Waals surface area (Å²) < 4.78 is 0. The Hall–Kier alpha value is -2.44. The van der Waals surface area contributed by atoms with Gasteiger partial charge in [-0.25, -0.2) is 0 Å². The van der Waals surface area contributed by atoms with Gasteiger partial charge < -0.3 is 14.8 Å². The van der Waals surface area contributed by atoms with Gasteiger partial charge >= 0.3 is 0 Å². The van der Waals surface area contributed by atoms with E-state index < -0.39 is 0 Å². The third kappa shape index (κ3) is 3.82. The fourth-order valence-electron chi connectivity index (χ4n) is 4.31. The van der Waals surface area contributed by atoms with Crippen LogP contribution in [0.15, 0.2) is 53.3 Å². The Labute approximate surface area is 185 Å². The summed E-state index contributed by atoms with van der Waals surface area (Å²) in [6.45, 7) is 3.10. The van der Waals surface area contributed by atoms with Crippen LogP contribution in [0.25, 0.3) is 10.9 Å². The molecule has 0 saturated carbocycles. The van der Waals surface area contributed by atoms with Crippen LogP contribution in [0, 0.1) is 0 Å². The van der Waals surface area contributed by atoms with Crippen molar-refractivity contribution in [3.63, 3.8) is 0 Å². The van der Waals surface area contributed by atoms with Crippen molar-refractivity contribution in [2.24, 2.45) is 0 Å². The summed E-state index contributed by atoms with van der Waals surface area (Å²) in [4.78, 5) is 32.7. The Bertz CT molecular complexity index is 1120. The minimum atomic E-state index is 0. The number of thioether (sulfide) groups is 1. The monoisotopic (exact) mass is 441 g/mol. The average molecular weight is 442 g/mol. The molecule has 0 bridgehead atoms. The number of halogens is 1. The van der Waals surface area contributed by atoms with Gasteiger partial charge in [0.15, 0.2) is 0 Å². The molecule has 0 aliphatic carbocycles. The number of aromatic nitrogens is 1. The molecule has 2 aromatic carbocycles. The quantitative estimate of drug-likeness (QED) is 0.658. The third-order valence-corrected chi connectivity index (χ3v) is 6.89. The zero-order chi connectivity index (χ0) is 19.8. The first-order chi connectivity index (χ1) is 14.2. The third-order valence-electron chi connectivity index (χ3n) is 5.91. The zero-order valence-corrected chi connectivity index (χ0v) is 18.2. The van der Waals surface area contributed by atoms with E-state index in [0.29, 0.717) is 18.7 Å². The van der Waals surface area contributed by atoms with Crippen molar-refractivity contribution in [3.05, 3.63) is 75.6 Å². The van der Waals surface area contributed by atoms with Crippen molar-refractivity contribution >= 4 is 46.7 Å². The second-order valence-electron chi connectivity index (χ2n) is 7.59. The van der Waals surface area contributed by atoms with E-state index in [2.05, 4.69) is 22.0 Å². The second-order valence-corrected chi connectivity index (χ2v) is 8.69. The van der Waals surface area contributed by atoms with Crippen LogP contribution in [0.4, 0.5) is 5.69 Å². The Morgan fingerprint density at radius 1 is 0.967 bits per heavy atom. The van der Waals surface area contributed by atoms with E-state index in [9.17, 15) is 9.59 Å². The maximum atomic E-state index is 13.2. The highest BCUT2D eigenvalue weighted by Gasteiger charge is 2.23. The first-order valence-electron chi connectivity index (χ1n) is 10.1. The number of amides is 1. The summed E-state index contributed by atoms with van der Waals surface area (Å²) in [7, 11) is 0. The Morgan fingerprint density at radius 3 is 2.50 bits per heavy atom. The van der Waals surface area contributed by atoms with E-state index in [-0.39, 0.29) is 23.9 Å². The number of hydrogen-bond donors (Lipinski definition) is 1. The van der Waals surface area contributed by atoms with Gasteiger partial charge in [0.1, 0.15) is 0 Å². The predicted octanol–water partition coefficient (Wildman–Crippen LogP) is 3.70. The summed E-state index contributed by atoms with van der Waals surface area (Å²) in [5.74, 6) is 1.84. The molecule has 3 aromatic rings. The van der Waals surface area contributed by atoms with Crippen LogP contribution in [-0.4, -0.2) is 47.7 Å². The van der Waals surface area contributed by atoms with E-state index in [1.54, 1.807) is 11.8 Å². The highest BCUT2D eigenvalue weighted by Crippen LogP contribution is 2.28. The molecule has 5 rings (SSSR count). The van der Waals surface area contributed by atoms with E-state index >= 15 is 0 Å². The molecule has 0 atom stereocenters. The Balaban J connectivity index is 0.00000218. The number of carbonyl (C=O) groups is 1. The number of benzene rings is 2. The lowest BCUT2D eigenvalue weighted by Gasteiger charge is -2.36. The number of anilines is 1. The summed E-state index contributed by atoms with van der Waals surface area (Å²) in [6, 6.07) is 16.0. The van der Waals surface area contributed by atoms with Gasteiger partial charge in [0.05, 0.1) is 0 Å². The van der Waals surface area contributed by atoms with Crippen LogP contribution in [0.3, 0.4) is 0 Å². The molecule has 3 heterocycles. The minimum absolute atomic E-state index is 0. The van der Waals surface area contributed by atoms with Crippen LogP contribution in [-0.2, 0) is 12.2 Å². The summed E-state index contributed by atoms with van der Waals surface area (Å²) in [6.07, 6.45) is 0.883. The number of carbonyl (C=O) groups excluding carboxylic acids is 1. The average Bonchev–Trinajstić information content (AvgIpc) is 2.79. The van der Waals surface area contributed by atoms with Gasteiger partial charge in [-0.3, -0.25) is 9.59 Å². The van der Waals surface area contributed by atoms with Gasteiger partial charge in [-0.05, 0) is 48.1 Å². The second kappa shape index (κ2) is 8.74. The SMILES string of the molecule is Cl.O=C(c1ccc2[nH]c(=O)c3c(c2c1)CCSC3)N1CCN(c2ccccc2)CC1. The molecule has 2 aliphatic rings. The van der Waals surface area contributed by atoms with Crippen LogP contribution in [0.2, 0.25) is 0 Å². The molecule has 2 aliphatic heterocycles. The van der Waals surface area contributed by atoms with Crippen LogP contribution < -0.4 is 10.5 Å². The number of nitrogens with one attached hydrogen (secondary N) is 1. The van der Waals surface area contributed by atoms with Gasteiger partial charge in [0.2, 0.25) is 0 Å². The van der Waals surface area contributed by atoms with Crippen LogP contribution in [0.5, 0.6) is 0 Å². The van der Waals surface area contributed by atoms with Crippen LogP contribution in [0.1, 0.15) is 21.5 Å². The fraction of sp³-hybridized carbons (Fsp3) is 0.304. The first-order valence-corrected chi connectivity index (χ1v) is 11.2. The molecule has 1 amide bonds. The molecule has 156 valence electrons. The molecule has 1 fully saturated rings. The van der Waals surface area contributed by atoms with Gasteiger partial charge in [-0.1, -0.05) is 18.2 Å². The lowest BCUT2D eigenvalue weighted by atomic mass is 9.99. The topological polar surface area (TPSA) is 56.4 Å². The van der Waals surface area contributed by atoms with Crippen molar-refractivity contribution in [3.8, 4) is 0 Å². The van der Waals surface area contributed by atoms with Crippen molar-refractivity contribution < 1.29 is 4.79 Å².